The van der Waals surface area contributed by atoms with E-state index in [1.165, 1.54) is 4.90 Å². The molecule has 0 spiro atoms. The van der Waals surface area contributed by atoms with E-state index in [9.17, 15) is 28.8 Å². The fourth-order valence-electron chi connectivity index (χ4n) is 10.6. The molecular formula is C70H112N2O18. The third kappa shape index (κ3) is 25.8. The summed E-state index contributed by atoms with van der Waals surface area (Å²) < 4.78 is 67.7. The molecule has 0 aliphatic carbocycles. The number of benzene rings is 2. The minimum atomic E-state index is -0.851. The first-order chi connectivity index (χ1) is 41.7. The van der Waals surface area contributed by atoms with E-state index < -0.39 is 83.0 Å². The molecule has 0 saturated carbocycles. The van der Waals surface area contributed by atoms with Crippen LogP contribution in [0.2, 0.25) is 0 Å². The normalized spacial score (nSPS) is 18.9. The van der Waals surface area contributed by atoms with Crippen molar-refractivity contribution in [2.45, 2.75) is 237 Å². The van der Waals surface area contributed by atoms with Crippen LogP contribution in [-0.4, -0.2) is 148 Å². The quantitative estimate of drug-likeness (QED) is 0.0390. The van der Waals surface area contributed by atoms with Gasteiger partial charge in [0.2, 0.25) is 5.91 Å². The number of likely N-dealkylation sites (tertiary alicyclic amines) is 2. The summed E-state index contributed by atoms with van der Waals surface area (Å²) in [6.07, 6.45) is -0.823. The number of rotatable bonds is 25. The van der Waals surface area contributed by atoms with Gasteiger partial charge in [-0.2, -0.15) is 0 Å². The van der Waals surface area contributed by atoms with Crippen LogP contribution < -0.4 is 18.9 Å². The largest absolute Gasteiger partial charge is 0.509 e. The lowest BCUT2D eigenvalue weighted by Gasteiger charge is -2.45. The number of nitrogens with zero attached hydrogens (tertiary/aromatic N) is 2. The van der Waals surface area contributed by atoms with Gasteiger partial charge in [0.1, 0.15) is 34.6 Å². The Balaban J connectivity index is 0.000000470. The van der Waals surface area contributed by atoms with Gasteiger partial charge < -0.3 is 56.8 Å². The van der Waals surface area contributed by atoms with Gasteiger partial charge in [-0.15, -0.1) is 0 Å². The molecule has 0 aromatic heterocycles. The molecule has 0 N–H and O–H groups in total. The monoisotopic (exact) mass is 1270 g/mol. The minimum absolute atomic E-state index is 0.00260. The Labute approximate surface area is 538 Å². The third-order valence-corrected chi connectivity index (χ3v) is 15.2. The van der Waals surface area contributed by atoms with Crippen molar-refractivity contribution in [3.8, 4) is 23.0 Å². The van der Waals surface area contributed by atoms with Crippen molar-refractivity contribution in [2.24, 2.45) is 35.5 Å². The van der Waals surface area contributed by atoms with Crippen LogP contribution in [0.15, 0.2) is 47.5 Å². The fraction of sp³-hybridized carbons (Fsp3) is 0.714. The molecule has 0 radical (unpaired) electrons. The second kappa shape index (κ2) is 35.0. The Morgan fingerprint density at radius 3 is 1.27 bits per heavy atom. The Bertz CT molecular complexity index is 2670. The molecule has 20 heteroatoms. The van der Waals surface area contributed by atoms with Crippen LogP contribution in [0.3, 0.4) is 0 Å². The molecule has 2 aromatic carbocycles. The number of carbonyl (C=O) groups is 6. The van der Waals surface area contributed by atoms with Gasteiger partial charge in [-0.25, -0.2) is 29.0 Å². The van der Waals surface area contributed by atoms with E-state index in [0.717, 1.165) is 34.4 Å². The van der Waals surface area contributed by atoms with Gasteiger partial charge in [-0.3, -0.25) is 9.59 Å². The summed E-state index contributed by atoms with van der Waals surface area (Å²) in [7, 11) is 6.52. The number of imide groups is 2. The SMILES string of the molecule is COCCCOc1cc(C[C@@H](C[C@H]2[C@@H](OC(=O)OC(C)(C)C)CC(=C(C)C)C(=O)N2C(=O)OC(C)(C)C)C(C)C)ccc1OC.COCCCOc1cc(C[C@@H](C[C@H]2[C@@H](OC(=O)OC(C)(C)C)C[C@@H](C(C)C)C(=O)N2C(=O)OC(C)(C)C)C(C)C)ccc1OC. The van der Waals surface area contributed by atoms with E-state index in [1.54, 1.807) is 125 Å². The van der Waals surface area contributed by atoms with Crippen molar-refractivity contribution >= 4 is 36.3 Å². The highest BCUT2D eigenvalue weighted by Gasteiger charge is 2.51. The number of hydrogen-bond donors (Lipinski definition) is 0. The van der Waals surface area contributed by atoms with Crippen molar-refractivity contribution < 1.29 is 85.6 Å². The molecule has 2 fully saturated rings. The maximum Gasteiger partial charge on any atom is 0.509 e. The molecular weight excluding hydrogens is 1160 g/mol. The highest BCUT2D eigenvalue weighted by atomic mass is 16.7. The molecule has 2 heterocycles. The van der Waals surface area contributed by atoms with Crippen LogP contribution in [0.1, 0.15) is 188 Å². The van der Waals surface area contributed by atoms with E-state index >= 15 is 0 Å². The van der Waals surface area contributed by atoms with Gasteiger partial charge in [-0.1, -0.05) is 59.2 Å². The van der Waals surface area contributed by atoms with Crippen molar-refractivity contribution in [1.29, 1.82) is 0 Å². The van der Waals surface area contributed by atoms with E-state index in [4.69, 9.17) is 56.8 Å². The predicted molar refractivity (Wildman–Crippen MR) is 345 cm³/mol. The number of methoxy groups -OCH3 is 4. The topological polar surface area (TPSA) is 220 Å². The summed E-state index contributed by atoms with van der Waals surface area (Å²) in [5.74, 6) is 1.49. The number of ether oxygens (including phenoxy) is 12. The molecule has 2 aliphatic heterocycles. The molecule has 4 amide bonds. The highest BCUT2D eigenvalue weighted by molar-refractivity contribution is 6.04. The van der Waals surface area contributed by atoms with Gasteiger partial charge >= 0.3 is 24.5 Å². The summed E-state index contributed by atoms with van der Waals surface area (Å²) in [6, 6.07) is 10.2. The molecule has 2 aromatic rings. The van der Waals surface area contributed by atoms with Crippen LogP contribution >= 0.6 is 0 Å². The Kier molecular flexibility index (Phi) is 30.3. The van der Waals surface area contributed by atoms with Crippen LogP contribution in [0.5, 0.6) is 23.0 Å². The van der Waals surface area contributed by atoms with Gasteiger partial charge in [0.25, 0.3) is 5.91 Å². The Morgan fingerprint density at radius 1 is 0.522 bits per heavy atom. The summed E-state index contributed by atoms with van der Waals surface area (Å²) in [5.41, 5.74) is -0.0280. The average molecular weight is 1270 g/mol. The van der Waals surface area contributed by atoms with Gasteiger partial charge in [-0.05, 0) is 194 Å². The lowest BCUT2D eigenvalue weighted by Crippen LogP contribution is -2.60. The average Bonchev–Trinajstić information content (AvgIpc) is 0.810. The number of allylic oxidation sites excluding steroid dienone is 1. The highest BCUT2D eigenvalue weighted by Crippen LogP contribution is 2.40. The maximum atomic E-state index is 14.0. The molecule has 7 atom stereocenters. The number of carbonyl (C=O) groups excluding carboxylic acids is 6. The maximum absolute atomic E-state index is 14.0. The first kappa shape index (κ1) is 78.0. The molecule has 2 saturated heterocycles. The van der Waals surface area contributed by atoms with E-state index in [2.05, 4.69) is 27.7 Å². The van der Waals surface area contributed by atoms with Gasteiger partial charge in [0.05, 0.1) is 39.5 Å². The van der Waals surface area contributed by atoms with E-state index in [0.29, 0.717) is 80.7 Å². The van der Waals surface area contributed by atoms with Crippen LogP contribution in [-0.2, 0) is 60.3 Å². The minimum Gasteiger partial charge on any atom is -0.493 e. The number of amides is 4. The predicted octanol–water partition coefficient (Wildman–Crippen LogP) is 15.0. The zero-order valence-electron chi connectivity index (χ0n) is 59.0. The Morgan fingerprint density at radius 2 is 0.911 bits per heavy atom. The fourth-order valence-corrected chi connectivity index (χ4v) is 10.6. The molecule has 0 unspecified atom stereocenters. The zero-order chi connectivity index (χ0) is 68.2. The molecule has 510 valence electrons. The molecule has 20 nitrogen and oxygen atoms in total. The van der Waals surface area contributed by atoms with Gasteiger partial charge in [0.15, 0.2) is 23.0 Å². The van der Waals surface area contributed by atoms with Crippen LogP contribution in [0.25, 0.3) is 0 Å². The van der Waals surface area contributed by atoms with Gasteiger partial charge in [0, 0.05) is 58.2 Å². The zero-order valence-corrected chi connectivity index (χ0v) is 59.0. The third-order valence-electron chi connectivity index (χ3n) is 15.2. The summed E-state index contributed by atoms with van der Waals surface area (Å²) in [4.78, 5) is 83.5. The molecule has 4 rings (SSSR count). The standard InChI is InChI=1S/C35H57NO9.C35H55NO9/c2*1-22(2)25(18-24-14-15-28(41-12)30(19-24)42-17-13-16-40-11)20-27-29(43-33(39)45-35(8,9)10)21-26(23(3)4)31(37)36(27)32(38)44-34(5,6)7/h14-15,19,22-23,25-27,29H,13,16-18,20-21H2,1-12H3;14-15,19,22,25,27,29H,13,16-18,20-21H2,1-12H3/t25-,26-,27-,29-;25-,27-,29-/m00/s1. The lowest BCUT2D eigenvalue weighted by atomic mass is 9.77. The number of hydrogen-bond acceptors (Lipinski definition) is 18. The van der Waals surface area contributed by atoms with Crippen molar-refractivity contribution in [1.82, 2.24) is 9.80 Å². The van der Waals surface area contributed by atoms with Crippen molar-refractivity contribution in [3.05, 3.63) is 58.7 Å². The first-order valence-electron chi connectivity index (χ1n) is 31.9. The second-order valence-corrected chi connectivity index (χ2v) is 28.7. The van der Waals surface area contributed by atoms with E-state index in [-0.39, 0.29) is 48.3 Å². The summed E-state index contributed by atoms with van der Waals surface area (Å²) >= 11 is 0. The van der Waals surface area contributed by atoms with Crippen LogP contribution in [0.4, 0.5) is 19.2 Å². The molecule has 0 bridgehead atoms. The molecule has 2 aliphatic rings. The van der Waals surface area contributed by atoms with E-state index in [1.807, 2.05) is 50.2 Å². The second-order valence-electron chi connectivity index (χ2n) is 28.7. The first-order valence-corrected chi connectivity index (χ1v) is 31.9. The number of piperidine rings is 2. The van der Waals surface area contributed by atoms with Crippen molar-refractivity contribution in [3.63, 3.8) is 0 Å². The summed E-state index contributed by atoms with van der Waals surface area (Å²) in [6.45, 7) is 39.1. The smallest absolute Gasteiger partial charge is 0.493 e. The van der Waals surface area contributed by atoms with Crippen LogP contribution in [0, 0.1) is 35.5 Å². The Hall–Kier alpha value is -6.28. The lowest BCUT2D eigenvalue weighted by molar-refractivity contribution is -0.152. The molecule has 90 heavy (non-hydrogen) atoms. The summed E-state index contributed by atoms with van der Waals surface area (Å²) in [5, 5.41) is 0. The van der Waals surface area contributed by atoms with Crippen molar-refractivity contribution in [2.75, 3.05) is 54.9 Å².